The zero-order chi connectivity index (χ0) is 8.81. The summed E-state index contributed by atoms with van der Waals surface area (Å²) >= 11 is 3.16. The highest BCUT2D eigenvalue weighted by atomic mass is 79.9. The molecule has 12 heavy (non-hydrogen) atoms. The molecule has 0 N–H and O–H groups in total. The van der Waals surface area contributed by atoms with Gasteiger partial charge in [-0.2, -0.15) is 0 Å². The van der Waals surface area contributed by atoms with Gasteiger partial charge in [-0.15, -0.1) is 0 Å². The third-order valence-corrected chi connectivity index (χ3v) is 1.71. The molecule has 0 saturated carbocycles. The van der Waals surface area contributed by atoms with Gasteiger partial charge in [0.15, 0.2) is 0 Å². The van der Waals surface area contributed by atoms with E-state index >= 15 is 0 Å². The molecular weight excluding hydrogens is 220 g/mol. The van der Waals surface area contributed by atoms with Crippen LogP contribution in [0.25, 0.3) is 0 Å². The smallest absolute Gasteiger partial charge is 0.143 e. The van der Waals surface area contributed by atoms with Gasteiger partial charge in [0.05, 0.1) is 0 Å². The Balaban J connectivity index is 2.83. The summed E-state index contributed by atoms with van der Waals surface area (Å²) in [4.78, 5) is 10.3. The van der Waals surface area contributed by atoms with E-state index in [4.69, 9.17) is 4.74 Å². The lowest BCUT2D eigenvalue weighted by Crippen LogP contribution is -1.94. The van der Waals surface area contributed by atoms with Crippen LogP contribution in [0.2, 0.25) is 0 Å². The number of ether oxygens (including phenoxy) is 1. The number of hydrogen-bond acceptors (Lipinski definition) is 2. The van der Waals surface area contributed by atoms with Gasteiger partial charge < -0.3 is 9.53 Å². The fourth-order valence-corrected chi connectivity index (χ4v) is 1.21. The number of para-hydroxylation sites is 1. The van der Waals surface area contributed by atoms with Crippen LogP contribution in [0.3, 0.4) is 0 Å². The maximum atomic E-state index is 10.3. The summed E-state index contributed by atoms with van der Waals surface area (Å²) in [5.74, 6) is 0.765. The zero-order valence-corrected chi connectivity index (χ0v) is 8.08. The fourth-order valence-electron chi connectivity index (χ4n) is 0.962. The highest BCUT2D eigenvalue weighted by Crippen LogP contribution is 2.17. The second kappa shape index (κ2) is 4.93. The SMILES string of the molecule is O=CCc1ccccc1OCBr. The summed E-state index contributed by atoms with van der Waals surface area (Å²) in [7, 11) is 0. The lowest BCUT2D eigenvalue weighted by molar-refractivity contribution is -0.107. The van der Waals surface area contributed by atoms with Crippen LogP contribution >= 0.6 is 15.9 Å². The molecule has 1 aromatic rings. The van der Waals surface area contributed by atoms with Crippen LogP contribution < -0.4 is 4.74 Å². The third-order valence-electron chi connectivity index (χ3n) is 1.49. The van der Waals surface area contributed by atoms with Gasteiger partial charge in [0, 0.05) is 12.0 Å². The molecule has 0 unspecified atom stereocenters. The molecule has 0 aliphatic rings. The van der Waals surface area contributed by atoms with Crippen molar-refractivity contribution in [2.45, 2.75) is 6.42 Å². The first kappa shape index (κ1) is 9.26. The van der Waals surface area contributed by atoms with Crippen molar-refractivity contribution in [1.29, 1.82) is 0 Å². The van der Waals surface area contributed by atoms with E-state index in [0.29, 0.717) is 11.9 Å². The molecule has 0 saturated heterocycles. The lowest BCUT2D eigenvalue weighted by atomic mass is 10.1. The Hall–Kier alpha value is -0.830. The van der Waals surface area contributed by atoms with Crippen molar-refractivity contribution >= 4 is 22.2 Å². The van der Waals surface area contributed by atoms with Crippen LogP contribution in [-0.4, -0.2) is 11.8 Å². The third kappa shape index (κ3) is 2.34. The summed E-state index contributed by atoms with van der Waals surface area (Å²) in [6.07, 6.45) is 1.28. The van der Waals surface area contributed by atoms with Gasteiger partial charge in [0.2, 0.25) is 0 Å². The quantitative estimate of drug-likeness (QED) is 0.584. The van der Waals surface area contributed by atoms with Crippen LogP contribution in [0.4, 0.5) is 0 Å². The van der Waals surface area contributed by atoms with Crippen LogP contribution in [-0.2, 0) is 11.2 Å². The number of carbonyl (C=O) groups is 1. The minimum absolute atomic E-state index is 0.406. The van der Waals surface area contributed by atoms with Gasteiger partial charge in [-0.05, 0) is 22.0 Å². The van der Waals surface area contributed by atoms with Gasteiger partial charge in [0.25, 0.3) is 0 Å². The largest absolute Gasteiger partial charge is 0.482 e. The van der Waals surface area contributed by atoms with Gasteiger partial charge in [-0.25, -0.2) is 0 Å². The highest BCUT2D eigenvalue weighted by Gasteiger charge is 1.99. The van der Waals surface area contributed by atoms with Gasteiger partial charge in [-0.3, -0.25) is 0 Å². The maximum Gasteiger partial charge on any atom is 0.143 e. The van der Waals surface area contributed by atoms with Crippen LogP contribution in [0, 0.1) is 0 Å². The molecule has 0 aliphatic heterocycles. The lowest BCUT2D eigenvalue weighted by Gasteiger charge is -2.05. The summed E-state index contributed by atoms with van der Waals surface area (Å²) in [6, 6.07) is 7.50. The summed E-state index contributed by atoms with van der Waals surface area (Å²) in [5.41, 5.74) is 1.37. The van der Waals surface area contributed by atoms with Crippen LogP contribution in [0.15, 0.2) is 24.3 Å². The van der Waals surface area contributed by atoms with E-state index in [-0.39, 0.29) is 0 Å². The predicted octanol–water partition coefficient (Wildman–Crippen LogP) is 2.16. The monoisotopic (exact) mass is 228 g/mol. The molecule has 0 radical (unpaired) electrons. The molecular formula is C9H9BrO2. The molecule has 64 valence electrons. The Morgan fingerprint density at radius 1 is 1.42 bits per heavy atom. The molecule has 0 bridgehead atoms. The van der Waals surface area contributed by atoms with E-state index in [2.05, 4.69) is 15.9 Å². The Bertz CT molecular complexity index is 260. The molecule has 0 aliphatic carbocycles. The van der Waals surface area contributed by atoms with Gasteiger partial charge >= 0.3 is 0 Å². The second-order valence-electron chi connectivity index (χ2n) is 2.23. The average molecular weight is 229 g/mol. The Kier molecular flexibility index (Phi) is 3.80. The van der Waals surface area contributed by atoms with E-state index in [9.17, 15) is 4.79 Å². The number of halogens is 1. The summed E-state index contributed by atoms with van der Waals surface area (Å²) < 4.78 is 5.25. The van der Waals surface area contributed by atoms with Crippen molar-refractivity contribution in [3.63, 3.8) is 0 Å². The van der Waals surface area contributed by atoms with Crippen molar-refractivity contribution in [2.75, 3.05) is 5.52 Å². The Labute approximate surface area is 79.7 Å². The molecule has 2 nitrogen and oxygen atoms in total. The fraction of sp³-hybridized carbons (Fsp3) is 0.222. The van der Waals surface area contributed by atoms with E-state index in [1.54, 1.807) is 0 Å². The molecule has 0 aromatic heterocycles. The average Bonchev–Trinajstić information content (AvgIpc) is 2.09. The molecule has 3 heteroatoms. The number of benzene rings is 1. The van der Waals surface area contributed by atoms with Gasteiger partial charge in [0.1, 0.15) is 17.6 Å². The second-order valence-corrected chi connectivity index (χ2v) is 2.69. The normalized spacial score (nSPS) is 9.42. The minimum atomic E-state index is 0.406. The molecule has 0 heterocycles. The number of hydrogen-bond donors (Lipinski definition) is 0. The van der Waals surface area contributed by atoms with Crippen LogP contribution in [0.1, 0.15) is 5.56 Å². The summed E-state index contributed by atoms with van der Waals surface area (Å²) in [6.45, 7) is 0. The molecule has 1 rings (SSSR count). The van der Waals surface area contributed by atoms with E-state index in [1.807, 2.05) is 24.3 Å². The topological polar surface area (TPSA) is 26.3 Å². The standard InChI is InChI=1S/C9H9BrO2/c10-7-12-9-4-2-1-3-8(9)5-6-11/h1-4,6H,5,7H2. The number of alkyl halides is 1. The Morgan fingerprint density at radius 3 is 2.83 bits per heavy atom. The molecule has 0 spiro atoms. The molecule has 0 amide bonds. The molecule has 0 atom stereocenters. The maximum absolute atomic E-state index is 10.3. The van der Waals surface area contributed by atoms with Gasteiger partial charge in [-0.1, -0.05) is 18.2 Å². The Morgan fingerprint density at radius 2 is 2.17 bits per heavy atom. The molecule has 1 aromatic carbocycles. The van der Waals surface area contributed by atoms with E-state index < -0.39 is 0 Å². The first-order valence-electron chi connectivity index (χ1n) is 3.58. The first-order valence-corrected chi connectivity index (χ1v) is 4.71. The minimum Gasteiger partial charge on any atom is -0.482 e. The molecule has 0 fully saturated rings. The van der Waals surface area contributed by atoms with Crippen molar-refractivity contribution in [3.05, 3.63) is 29.8 Å². The number of rotatable bonds is 4. The van der Waals surface area contributed by atoms with Crippen LogP contribution in [0.5, 0.6) is 5.75 Å². The van der Waals surface area contributed by atoms with Crippen molar-refractivity contribution < 1.29 is 9.53 Å². The van der Waals surface area contributed by atoms with E-state index in [1.165, 1.54) is 0 Å². The number of carbonyl (C=O) groups excluding carboxylic acids is 1. The highest BCUT2D eigenvalue weighted by molar-refractivity contribution is 9.09. The number of aldehydes is 1. The zero-order valence-electron chi connectivity index (χ0n) is 6.50. The van der Waals surface area contributed by atoms with Crippen molar-refractivity contribution in [3.8, 4) is 5.75 Å². The predicted molar refractivity (Wildman–Crippen MR) is 50.6 cm³/mol. The first-order chi connectivity index (χ1) is 5.88. The van der Waals surface area contributed by atoms with Crippen molar-refractivity contribution in [2.24, 2.45) is 0 Å². The van der Waals surface area contributed by atoms with Crippen molar-refractivity contribution in [1.82, 2.24) is 0 Å². The van der Waals surface area contributed by atoms with E-state index in [0.717, 1.165) is 17.6 Å². The summed E-state index contributed by atoms with van der Waals surface area (Å²) in [5, 5.41) is 0.